The smallest absolute Gasteiger partial charge is 0.408 e. The maximum absolute atomic E-state index is 11.4. The van der Waals surface area contributed by atoms with Gasteiger partial charge in [-0.1, -0.05) is 11.6 Å². The quantitative estimate of drug-likeness (QED) is 0.674. The van der Waals surface area contributed by atoms with Gasteiger partial charge in [0.25, 0.3) is 0 Å². The van der Waals surface area contributed by atoms with Crippen molar-refractivity contribution in [3.05, 3.63) is 23.8 Å². The van der Waals surface area contributed by atoms with Crippen LogP contribution in [-0.4, -0.2) is 33.7 Å². The van der Waals surface area contributed by atoms with Crippen molar-refractivity contribution in [3.63, 3.8) is 0 Å². The third-order valence-electron chi connectivity index (χ3n) is 1.92. The fraction of sp³-hybridized carbons (Fsp3) is 0.500. The molecule has 1 amide bonds. The Hall–Kier alpha value is -1.89. The van der Waals surface area contributed by atoms with Crippen LogP contribution in [0.15, 0.2) is 12.4 Å². The molecule has 0 aromatic carbocycles. The van der Waals surface area contributed by atoms with Gasteiger partial charge in [0.2, 0.25) is 0 Å². The number of alkyl carbamates (subject to hydrolysis) is 1. The summed E-state index contributed by atoms with van der Waals surface area (Å²) in [5.41, 5.74) is -0.383. The maximum Gasteiger partial charge on any atom is 0.408 e. The number of alkyl halides is 1. The van der Waals surface area contributed by atoms with Gasteiger partial charge in [0.15, 0.2) is 6.07 Å². The first-order chi connectivity index (χ1) is 9.31. The third kappa shape index (κ3) is 5.83. The second-order valence-corrected chi connectivity index (χ2v) is 5.00. The second-order valence-electron chi connectivity index (χ2n) is 4.78. The Labute approximate surface area is 121 Å². The second kappa shape index (κ2) is 7.04. The van der Waals surface area contributed by atoms with Crippen LogP contribution in [0.3, 0.4) is 0 Å². The molecule has 1 rings (SSSR count). The SMILES string of the molecule is CC(C)(C)OC(=O)NCc1ncc(C(=O)OCCl)cn1. The lowest BCUT2D eigenvalue weighted by atomic mass is 10.2. The normalized spacial score (nSPS) is 10.8. The first-order valence-electron chi connectivity index (χ1n) is 5.82. The summed E-state index contributed by atoms with van der Waals surface area (Å²) >= 11 is 5.27. The van der Waals surface area contributed by atoms with Gasteiger partial charge in [-0.05, 0) is 20.8 Å². The van der Waals surface area contributed by atoms with Gasteiger partial charge in [-0.2, -0.15) is 0 Å². The average molecular weight is 302 g/mol. The molecule has 0 aliphatic carbocycles. The standard InChI is InChI=1S/C12H16ClN3O4/c1-12(2,3)20-11(18)16-6-9-14-4-8(5-15-9)10(17)19-7-13/h4-5H,6-7H2,1-3H3,(H,16,18). The van der Waals surface area contributed by atoms with Crippen LogP contribution in [0.25, 0.3) is 0 Å². The molecule has 0 aliphatic rings. The number of esters is 1. The molecule has 1 N–H and O–H groups in total. The molecule has 0 fully saturated rings. The van der Waals surface area contributed by atoms with Crippen LogP contribution in [0, 0.1) is 0 Å². The molecule has 0 aliphatic heterocycles. The van der Waals surface area contributed by atoms with Gasteiger partial charge in [-0.25, -0.2) is 19.6 Å². The molecule has 1 heterocycles. The van der Waals surface area contributed by atoms with E-state index in [9.17, 15) is 9.59 Å². The van der Waals surface area contributed by atoms with E-state index in [4.69, 9.17) is 16.3 Å². The summed E-state index contributed by atoms with van der Waals surface area (Å²) in [5.74, 6) is -0.259. The van der Waals surface area contributed by atoms with Gasteiger partial charge >= 0.3 is 12.1 Å². The Bertz CT molecular complexity index is 471. The van der Waals surface area contributed by atoms with E-state index in [0.717, 1.165) is 0 Å². The van der Waals surface area contributed by atoms with E-state index in [-0.39, 0.29) is 18.2 Å². The number of hydrogen-bond donors (Lipinski definition) is 1. The van der Waals surface area contributed by atoms with Crippen LogP contribution in [-0.2, 0) is 16.0 Å². The lowest BCUT2D eigenvalue weighted by Gasteiger charge is -2.19. The lowest BCUT2D eigenvalue weighted by Crippen LogP contribution is -2.32. The highest BCUT2D eigenvalue weighted by molar-refractivity contribution is 6.17. The van der Waals surface area contributed by atoms with Gasteiger partial charge in [0.1, 0.15) is 11.4 Å². The molecule has 0 saturated carbocycles. The van der Waals surface area contributed by atoms with Crippen LogP contribution in [0.5, 0.6) is 0 Å². The van der Waals surface area contributed by atoms with E-state index in [1.54, 1.807) is 20.8 Å². The van der Waals surface area contributed by atoms with E-state index >= 15 is 0 Å². The van der Waals surface area contributed by atoms with E-state index in [1.165, 1.54) is 12.4 Å². The summed E-state index contributed by atoms with van der Waals surface area (Å²) in [4.78, 5) is 30.6. The van der Waals surface area contributed by atoms with E-state index < -0.39 is 17.7 Å². The van der Waals surface area contributed by atoms with Crippen molar-refractivity contribution in [2.45, 2.75) is 32.9 Å². The summed E-state index contributed by atoms with van der Waals surface area (Å²) < 4.78 is 9.64. The fourth-order valence-corrected chi connectivity index (χ4v) is 1.25. The molecular formula is C12H16ClN3O4. The summed E-state index contributed by atoms with van der Waals surface area (Å²) in [6.07, 6.45) is 2.04. The number of carbonyl (C=O) groups excluding carboxylic acids is 2. The predicted octanol–water partition coefficient (Wildman–Crippen LogP) is 1.85. The van der Waals surface area contributed by atoms with E-state index in [0.29, 0.717) is 5.82 Å². The zero-order valence-electron chi connectivity index (χ0n) is 11.5. The summed E-state index contributed by atoms with van der Waals surface area (Å²) in [7, 11) is 0. The van der Waals surface area contributed by atoms with Crippen molar-refractivity contribution in [2.24, 2.45) is 0 Å². The number of ether oxygens (including phenoxy) is 2. The molecule has 20 heavy (non-hydrogen) atoms. The molecule has 0 unspecified atom stereocenters. The molecule has 0 spiro atoms. The van der Waals surface area contributed by atoms with Crippen LogP contribution < -0.4 is 5.32 Å². The number of nitrogens with one attached hydrogen (secondary N) is 1. The molecule has 0 saturated heterocycles. The van der Waals surface area contributed by atoms with Crippen LogP contribution >= 0.6 is 11.6 Å². The molecular weight excluding hydrogens is 286 g/mol. The molecule has 0 bridgehead atoms. The van der Waals surface area contributed by atoms with E-state index in [2.05, 4.69) is 20.0 Å². The van der Waals surface area contributed by atoms with Crippen LogP contribution in [0.2, 0.25) is 0 Å². The molecule has 7 nitrogen and oxygen atoms in total. The van der Waals surface area contributed by atoms with Crippen molar-refractivity contribution in [3.8, 4) is 0 Å². The summed E-state index contributed by atoms with van der Waals surface area (Å²) in [6.45, 7) is 5.39. The van der Waals surface area contributed by atoms with Crippen molar-refractivity contribution in [1.29, 1.82) is 0 Å². The monoisotopic (exact) mass is 301 g/mol. The first-order valence-corrected chi connectivity index (χ1v) is 6.36. The number of aromatic nitrogens is 2. The minimum atomic E-state index is -0.605. The predicted molar refractivity (Wildman–Crippen MR) is 71.2 cm³/mol. The summed E-state index contributed by atoms with van der Waals surface area (Å²) in [5, 5.41) is 2.51. The van der Waals surface area contributed by atoms with Gasteiger partial charge in [0.05, 0.1) is 12.1 Å². The average Bonchev–Trinajstić information content (AvgIpc) is 2.35. The Kier molecular flexibility index (Phi) is 5.69. The minimum Gasteiger partial charge on any atom is -0.446 e. The largest absolute Gasteiger partial charge is 0.446 e. The fourth-order valence-electron chi connectivity index (χ4n) is 1.15. The zero-order valence-corrected chi connectivity index (χ0v) is 12.2. The Morgan fingerprint density at radius 2 is 1.90 bits per heavy atom. The van der Waals surface area contributed by atoms with Crippen LogP contribution in [0.4, 0.5) is 4.79 Å². The van der Waals surface area contributed by atoms with Crippen molar-refractivity contribution >= 4 is 23.7 Å². The van der Waals surface area contributed by atoms with E-state index in [1.807, 2.05) is 0 Å². The van der Waals surface area contributed by atoms with Crippen molar-refractivity contribution < 1.29 is 19.1 Å². The molecule has 1 aromatic heterocycles. The maximum atomic E-state index is 11.4. The van der Waals surface area contributed by atoms with Gasteiger partial charge in [-0.3, -0.25) is 0 Å². The molecule has 1 aromatic rings. The lowest BCUT2D eigenvalue weighted by molar-refractivity contribution is 0.0519. The highest BCUT2D eigenvalue weighted by atomic mass is 35.5. The zero-order chi connectivity index (χ0) is 15.2. The minimum absolute atomic E-state index is 0.0970. The number of amides is 1. The highest BCUT2D eigenvalue weighted by Gasteiger charge is 2.16. The van der Waals surface area contributed by atoms with Gasteiger partial charge in [0, 0.05) is 12.4 Å². The first kappa shape index (κ1) is 16.2. The number of nitrogens with zero attached hydrogens (tertiary/aromatic N) is 2. The third-order valence-corrected chi connectivity index (χ3v) is 2.03. The van der Waals surface area contributed by atoms with Crippen molar-refractivity contribution in [2.75, 3.05) is 6.07 Å². The molecule has 0 radical (unpaired) electrons. The Morgan fingerprint density at radius 1 is 1.30 bits per heavy atom. The molecule has 110 valence electrons. The number of carbonyl (C=O) groups is 2. The Morgan fingerprint density at radius 3 is 2.40 bits per heavy atom. The van der Waals surface area contributed by atoms with Gasteiger partial charge < -0.3 is 14.8 Å². The topological polar surface area (TPSA) is 90.4 Å². The Balaban J connectivity index is 2.50. The number of halogens is 1. The summed E-state index contributed by atoms with van der Waals surface area (Å²) in [6, 6.07) is -0.235. The number of hydrogen-bond acceptors (Lipinski definition) is 6. The van der Waals surface area contributed by atoms with Crippen LogP contribution in [0.1, 0.15) is 37.0 Å². The molecule has 8 heteroatoms. The van der Waals surface area contributed by atoms with Gasteiger partial charge in [-0.15, -0.1) is 0 Å². The molecule has 0 atom stereocenters. The highest BCUT2D eigenvalue weighted by Crippen LogP contribution is 2.06. The number of rotatable bonds is 4. The van der Waals surface area contributed by atoms with Crippen molar-refractivity contribution in [1.82, 2.24) is 15.3 Å².